The normalized spacial score (nSPS) is 12.9. The molecule has 0 aliphatic heterocycles. The van der Waals surface area contributed by atoms with Crippen LogP contribution in [0.4, 0.5) is 37.7 Å². The van der Waals surface area contributed by atoms with Crippen LogP contribution in [0.1, 0.15) is 11.1 Å². The molecular formula is C16H14F6N2O2. The first kappa shape index (κ1) is 19.5. The average molecular weight is 380 g/mol. The summed E-state index contributed by atoms with van der Waals surface area (Å²) in [5.74, 6) is -1.16. The minimum absolute atomic E-state index is 0.313. The largest absolute Gasteiger partial charge is 0.506 e. The topological polar surface area (TPSA) is 78.5 Å². The van der Waals surface area contributed by atoms with E-state index < -0.39 is 46.1 Å². The van der Waals surface area contributed by atoms with E-state index in [9.17, 15) is 36.6 Å². The van der Waals surface area contributed by atoms with Gasteiger partial charge in [-0.15, -0.1) is 0 Å². The van der Waals surface area contributed by atoms with E-state index in [2.05, 4.69) is 5.32 Å². The highest BCUT2D eigenvalue weighted by Gasteiger charge is 2.72. The molecule has 0 saturated heterocycles. The van der Waals surface area contributed by atoms with Crippen LogP contribution in [0.2, 0.25) is 0 Å². The van der Waals surface area contributed by atoms with E-state index in [1.54, 1.807) is 0 Å². The lowest BCUT2D eigenvalue weighted by molar-refractivity contribution is -0.288. The highest BCUT2D eigenvalue weighted by molar-refractivity contribution is 5.62. The van der Waals surface area contributed by atoms with Gasteiger partial charge in [0.2, 0.25) is 5.41 Å². The summed E-state index contributed by atoms with van der Waals surface area (Å²) in [7, 11) is 1.24. The lowest BCUT2D eigenvalue weighted by atomic mass is 9.72. The van der Waals surface area contributed by atoms with Gasteiger partial charge in [-0.3, -0.25) is 0 Å². The first-order valence-electron chi connectivity index (χ1n) is 7.10. The molecule has 26 heavy (non-hydrogen) atoms. The SMILES string of the molecule is CNc1cc(C(c2ccc(O)c(N)c2)(C(F)(F)F)C(F)(F)F)ccc1O. The monoisotopic (exact) mass is 380 g/mol. The molecule has 0 bridgehead atoms. The molecule has 0 unspecified atom stereocenters. The first-order valence-corrected chi connectivity index (χ1v) is 7.10. The fourth-order valence-corrected chi connectivity index (χ4v) is 2.74. The second-order valence-corrected chi connectivity index (χ2v) is 5.50. The molecule has 5 N–H and O–H groups in total. The Morgan fingerprint density at radius 1 is 0.808 bits per heavy atom. The summed E-state index contributed by atoms with van der Waals surface area (Å²) in [6.07, 6.45) is -11.6. The Hall–Kier alpha value is -2.78. The van der Waals surface area contributed by atoms with Crippen molar-refractivity contribution < 1.29 is 36.6 Å². The minimum atomic E-state index is -5.79. The van der Waals surface area contributed by atoms with Crippen LogP contribution in [-0.4, -0.2) is 29.6 Å². The summed E-state index contributed by atoms with van der Waals surface area (Å²) in [6.45, 7) is 0. The average Bonchev–Trinajstić information content (AvgIpc) is 2.50. The molecule has 2 aromatic carbocycles. The van der Waals surface area contributed by atoms with Crippen molar-refractivity contribution in [1.82, 2.24) is 0 Å². The number of anilines is 2. The third kappa shape index (κ3) is 2.85. The Morgan fingerprint density at radius 2 is 1.27 bits per heavy atom. The van der Waals surface area contributed by atoms with Gasteiger partial charge in [-0.25, -0.2) is 0 Å². The fourth-order valence-electron chi connectivity index (χ4n) is 2.74. The molecule has 2 aromatic rings. The molecule has 0 atom stereocenters. The molecule has 0 radical (unpaired) electrons. The third-order valence-corrected chi connectivity index (χ3v) is 4.01. The van der Waals surface area contributed by atoms with Crippen LogP contribution in [0.3, 0.4) is 0 Å². The van der Waals surface area contributed by atoms with Crippen molar-refractivity contribution in [3.63, 3.8) is 0 Å². The van der Waals surface area contributed by atoms with Crippen LogP contribution in [0.15, 0.2) is 36.4 Å². The number of nitrogen functional groups attached to an aromatic ring is 1. The molecule has 0 aliphatic carbocycles. The van der Waals surface area contributed by atoms with E-state index in [1.165, 1.54) is 7.05 Å². The summed E-state index contributed by atoms with van der Waals surface area (Å²) < 4.78 is 83.4. The van der Waals surface area contributed by atoms with Crippen LogP contribution in [-0.2, 0) is 5.41 Å². The van der Waals surface area contributed by atoms with Crippen LogP contribution in [0, 0.1) is 0 Å². The summed E-state index contributed by atoms with van der Waals surface area (Å²) in [4.78, 5) is 0. The molecule has 0 saturated carbocycles. The minimum Gasteiger partial charge on any atom is -0.506 e. The number of phenolic OH excluding ortho intramolecular Hbond substituents is 2. The van der Waals surface area contributed by atoms with Gasteiger partial charge in [0.1, 0.15) is 11.5 Å². The summed E-state index contributed by atoms with van der Waals surface area (Å²) in [6, 6.07) is 3.45. The van der Waals surface area contributed by atoms with E-state index in [1.807, 2.05) is 0 Å². The van der Waals surface area contributed by atoms with Crippen molar-refractivity contribution in [2.75, 3.05) is 18.1 Å². The standard InChI is InChI=1S/C16H14F6N2O2/c1-24-11-7-9(3-5-13(11)26)14(15(17,18)19,16(20,21)22)8-2-4-12(25)10(23)6-8/h2-7,24-26H,23H2,1H3. The van der Waals surface area contributed by atoms with Crippen molar-refractivity contribution in [1.29, 1.82) is 0 Å². The summed E-state index contributed by atoms with van der Waals surface area (Å²) in [5, 5.41) is 21.3. The maximum atomic E-state index is 13.9. The van der Waals surface area contributed by atoms with E-state index in [0.717, 1.165) is 6.07 Å². The van der Waals surface area contributed by atoms with Gasteiger partial charge in [-0.2, -0.15) is 26.3 Å². The number of hydrogen-bond donors (Lipinski definition) is 4. The first-order chi connectivity index (χ1) is 11.9. The smallest absolute Gasteiger partial charge is 0.411 e. The van der Waals surface area contributed by atoms with Gasteiger partial charge in [0.25, 0.3) is 0 Å². The Kier molecular flexibility index (Phi) is 4.65. The van der Waals surface area contributed by atoms with Gasteiger partial charge in [0.05, 0.1) is 11.4 Å². The highest BCUT2D eigenvalue weighted by atomic mass is 19.4. The maximum absolute atomic E-state index is 13.9. The quantitative estimate of drug-likeness (QED) is 0.367. The van der Waals surface area contributed by atoms with Gasteiger partial charge >= 0.3 is 12.4 Å². The number of benzene rings is 2. The Morgan fingerprint density at radius 3 is 1.69 bits per heavy atom. The van der Waals surface area contributed by atoms with Gasteiger partial charge < -0.3 is 21.3 Å². The predicted octanol–water partition coefficient (Wildman–Crippen LogP) is 4.13. The van der Waals surface area contributed by atoms with Gasteiger partial charge in [-0.1, -0.05) is 12.1 Å². The third-order valence-electron chi connectivity index (χ3n) is 4.01. The molecule has 2 rings (SSSR count). The molecule has 0 spiro atoms. The Balaban J connectivity index is 2.96. The molecule has 0 aromatic heterocycles. The molecule has 0 fully saturated rings. The van der Waals surface area contributed by atoms with Crippen molar-refractivity contribution >= 4 is 11.4 Å². The van der Waals surface area contributed by atoms with Crippen LogP contribution in [0.25, 0.3) is 0 Å². The van der Waals surface area contributed by atoms with Crippen LogP contribution < -0.4 is 11.1 Å². The van der Waals surface area contributed by atoms with Crippen molar-refractivity contribution in [3.05, 3.63) is 47.5 Å². The molecule has 142 valence electrons. The van der Waals surface area contributed by atoms with Crippen LogP contribution in [0.5, 0.6) is 11.5 Å². The Labute approximate surface area is 143 Å². The zero-order chi connectivity index (χ0) is 19.9. The molecule has 0 aliphatic rings. The van der Waals surface area contributed by atoms with E-state index in [-0.39, 0.29) is 5.69 Å². The maximum Gasteiger partial charge on any atom is 0.411 e. The Bertz CT molecular complexity index is 803. The van der Waals surface area contributed by atoms with Crippen molar-refractivity contribution in [2.45, 2.75) is 17.8 Å². The predicted molar refractivity (Wildman–Crippen MR) is 83.1 cm³/mol. The lowest BCUT2D eigenvalue weighted by Gasteiger charge is -2.38. The number of hydrogen-bond acceptors (Lipinski definition) is 4. The van der Waals surface area contributed by atoms with Crippen molar-refractivity contribution in [3.8, 4) is 11.5 Å². The molecule has 0 heterocycles. The highest BCUT2D eigenvalue weighted by Crippen LogP contribution is 2.57. The number of alkyl halides is 6. The van der Waals surface area contributed by atoms with Crippen LogP contribution >= 0.6 is 0 Å². The van der Waals surface area contributed by atoms with E-state index >= 15 is 0 Å². The molecule has 4 nitrogen and oxygen atoms in total. The summed E-state index contributed by atoms with van der Waals surface area (Å²) in [5.41, 5.74) is -2.40. The van der Waals surface area contributed by atoms with Gasteiger partial charge in [0, 0.05) is 7.05 Å². The van der Waals surface area contributed by atoms with E-state index in [0.29, 0.717) is 30.3 Å². The number of rotatable bonds is 3. The second kappa shape index (κ2) is 6.19. The number of aromatic hydroxyl groups is 2. The number of nitrogens with two attached hydrogens (primary N) is 1. The number of phenols is 2. The molecule has 0 amide bonds. The number of nitrogens with one attached hydrogen (secondary N) is 1. The van der Waals surface area contributed by atoms with Gasteiger partial charge in [-0.05, 0) is 35.4 Å². The fraction of sp³-hybridized carbons (Fsp3) is 0.250. The molecular weight excluding hydrogens is 366 g/mol. The summed E-state index contributed by atoms with van der Waals surface area (Å²) >= 11 is 0. The number of halogens is 6. The second-order valence-electron chi connectivity index (χ2n) is 5.50. The zero-order valence-corrected chi connectivity index (χ0v) is 13.2. The zero-order valence-electron chi connectivity index (χ0n) is 13.2. The molecule has 10 heteroatoms. The van der Waals surface area contributed by atoms with Gasteiger partial charge in [0.15, 0.2) is 0 Å². The van der Waals surface area contributed by atoms with Crippen molar-refractivity contribution in [2.24, 2.45) is 0 Å². The van der Waals surface area contributed by atoms with E-state index in [4.69, 9.17) is 5.73 Å². The lowest BCUT2D eigenvalue weighted by Crippen LogP contribution is -2.54.